The Morgan fingerprint density at radius 1 is 1.41 bits per heavy atom. The standard InChI is InChI=1S/C13H17NO3/c1-16-10-5-3-4-9(8-10)12-11(6-7-14-12)13(15)17-2/h3-5,8,11-12,14H,6-7H2,1-2H3. The summed E-state index contributed by atoms with van der Waals surface area (Å²) in [6.07, 6.45) is 0.814. The Morgan fingerprint density at radius 3 is 2.94 bits per heavy atom. The summed E-state index contributed by atoms with van der Waals surface area (Å²) < 4.78 is 10.0. The molecule has 4 nitrogen and oxygen atoms in total. The molecule has 4 heteroatoms. The van der Waals surface area contributed by atoms with Crippen molar-refractivity contribution < 1.29 is 14.3 Å². The fourth-order valence-corrected chi connectivity index (χ4v) is 2.29. The fraction of sp³-hybridized carbons (Fsp3) is 0.462. The lowest BCUT2D eigenvalue weighted by atomic mass is 9.94. The van der Waals surface area contributed by atoms with Crippen molar-refractivity contribution in [1.29, 1.82) is 0 Å². The quantitative estimate of drug-likeness (QED) is 0.807. The molecular weight excluding hydrogens is 218 g/mol. The van der Waals surface area contributed by atoms with Gasteiger partial charge in [-0.15, -0.1) is 0 Å². The summed E-state index contributed by atoms with van der Waals surface area (Å²) in [4.78, 5) is 11.7. The zero-order chi connectivity index (χ0) is 12.3. The van der Waals surface area contributed by atoms with Crippen LogP contribution in [0.15, 0.2) is 24.3 Å². The molecule has 1 aliphatic rings. The van der Waals surface area contributed by atoms with Crippen LogP contribution < -0.4 is 10.1 Å². The highest BCUT2D eigenvalue weighted by molar-refractivity contribution is 5.74. The molecule has 1 fully saturated rings. The van der Waals surface area contributed by atoms with E-state index in [4.69, 9.17) is 9.47 Å². The Labute approximate surface area is 101 Å². The molecule has 0 aromatic heterocycles. The second-order valence-corrected chi connectivity index (χ2v) is 4.13. The molecular formula is C13H17NO3. The molecule has 1 saturated heterocycles. The maximum Gasteiger partial charge on any atom is 0.310 e. The van der Waals surface area contributed by atoms with Gasteiger partial charge in [0.25, 0.3) is 0 Å². The average molecular weight is 235 g/mol. The molecule has 1 N–H and O–H groups in total. The van der Waals surface area contributed by atoms with Crippen LogP contribution in [0.1, 0.15) is 18.0 Å². The van der Waals surface area contributed by atoms with Crippen molar-refractivity contribution in [2.75, 3.05) is 20.8 Å². The molecule has 1 aromatic carbocycles. The number of nitrogens with one attached hydrogen (secondary N) is 1. The molecule has 0 radical (unpaired) electrons. The molecule has 0 saturated carbocycles. The van der Waals surface area contributed by atoms with E-state index in [0.717, 1.165) is 24.3 Å². The van der Waals surface area contributed by atoms with E-state index in [0.29, 0.717) is 0 Å². The zero-order valence-corrected chi connectivity index (χ0v) is 10.1. The van der Waals surface area contributed by atoms with Crippen LogP contribution >= 0.6 is 0 Å². The first-order valence-electron chi connectivity index (χ1n) is 5.71. The van der Waals surface area contributed by atoms with E-state index in [9.17, 15) is 4.79 Å². The summed E-state index contributed by atoms with van der Waals surface area (Å²) in [5, 5.41) is 3.33. The zero-order valence-electron chi connectivity index (χ0n) is 10.1. The second kappa shape index (κ2) is 5.19. The van der Waals surface area contributed by atoms with Crippen molar-refractivity contribution in [1.82, 2.24) is 5.32 Å². The van der Waals surface area contributed by atoms with Crippen molar-refractivity contribution in [2.24, 2.45) is 5.92 Å². The molecule has 0 amide bonds. The lowest BCUT2D eigenvalue weighted by Crippen LogP contribution is -2.24. The molecule has 0 bridgehead atoms. The number of methoxy groups -OCH3 is 2. The lowest BCUT2D eigenvalue weighted by molar-refractivity contribution is -0.145. The van der Waals surface area contributed by atoms with E-state index in [1.807, 2.05) is 24.3 Å². The largest absolute Gasteiger partial charge is 0.497 e. The predicted molar refractivity (Wildman–Crippen MR) is 63.9 cm³/mol. The number of carbonyl (C=O) groups excluding carboxylic acids is 1. The van der Waals surface area contributed by atoms with E-state index in [1.54, 1.807) is 7.11 Å². The Kier molecular flexibility index (Phi) is 3.64. The fourth-order valence-electron chi connectivity index (χ4n) is 2.29. The topological polar surface area (TPSA) is 47.6 Å². The van der Waals surface area contributed by atoms with Gasteiger partial charge in [-0.3, -0.25) is 4.79 Å². The first kappa shape index (κ1) is 11.9. The number of rotatable bonds is 3. The summed E-state index contributed by atoms with van der Waals surface area (Å²) in [6.45, 7) is 0.835. The van der Waals surface area contributed by atoms with Crippen LogP contribution in [0.25, 0.3) is 0 Å². The summed E-state index contributed by atoms with van der Waals surface area (Å²) >= 11 is 0. The van der Waals surface area contributed by atoms with Gasteiger partial charge in [-0.1, -0.05) is 12.1 Å². The average Bonchev–Trinajstić information content (AvgIpc) is 2.87. The minimum absolute atomic E-state index is 0.0255. The van der Waals surface area contributed by atoms with Crippen LogP contribution in [0.5, 0.6) is 5.75 Å². The molecule has 17 heavy (non-hydrogen) atoms. The summed E-state index contributed by atoms with van der Waals surface area (Å²) in [5.41, 5.74) is 1.07. The van der Waals surface area contributed by atoms with Gasteiger partial charge in [0.2, 0.25) is 0 Å². The van der Waals surface area contributed by atoms with E-state index in [2.05, 4.69) is 5.32 Å². The number of ether oxygens (including phenoxy) is 2. The number of esters is 1. The molecule has 2 rings (SSSR count). The van der Waals surface area contributed by atoms with Gasteiger partial charge in [0.05, 0.1) is 20.1 Å². The highest BCUT2D eigenvalue weighted by Gasteiger charge is 2.34. The van der Waals surface area contributed by atoms with Crippen LogP contribution in [-0.2, 0) is 9.53 Å². The first-order valence-corrected chi connectivity index (χ1v) is 5.71. The molecule has 0 spiro atoms. The van der Waals surface area contributed by atoms with Gasteiger partial charge >= 0.3 is 5.97 Å². The monoisotopic (exact) mass is 235 g/mol. The number of carbonyl (C=O) groups is 1. The SMILES string of the molecule is COC(=O)C1CCNC1c1cccc(OC)c1. The summed E-state index contributed by atoms with van der Waals surface area (Å²) in [5.74, 6) is 0.551. The van der Waals surface area contributed by atoms with Gasteiger partial charge in [-0.25, -0.2) is 0 Å². The Hall–Kier alpha value is -1.55. The third-order valence-corrected chi connectivity index (χ3v) is 3.18. The van der Waals surface area contributed by atoms with Crippen LogP contribution in [-0.4, -0.2) is 26.7 Å². The molecule has 92 valence electrons. The van der Waals surface area contributed by atoms with Crippen LogP contribution in [0, 0.1) is 5.92 Å². The third kappa shape index (κ3) is 2.42. The highest BCUT2D eigenvalue weighted by atomic mass is 16.5. The minimum Gasteiger partial charge on any atom is -0.497 e. The smallest absolute Gasteiger partial charge is 0.310 e. The van der Waals surface area contributed by atoms with Crippen molar-refractivity contribution in [2.45, 2.75) is 12.5 Å². The van der Waals surface area contributed by atoms with Crippen LogP contribution in [0.4, 0.5) is 0 Å². The van der Waals surface area contributed by atoms with Crippen molar-refractivity contribution >= 4 is 5.97 Å². The molecule has 2 atom stereocenters. The van der Waals surface area contributed by atoms with E-state index < -0.39 is 0 Å². The maximum atomic E-state index is 11.7. The van der Waals surface area contributed by atoms with E-state index in [1.165, 1.54) is 7.11 Å². The van der Waals surface area contributed by atoms with Crippen LogP contribution in [0.3, 0.4) is 0 Å². The minimum atomic E-state index is -0.150. The Balaban J connectivity index is 2.22. The highest BCUT2D eigenvalue weighted by Crippen LogP contribution is 2.31. The molecule has 2 unspecified atom stereocenters. The van der Waals surface area contributed by atoms with Gasteiger partial charge < -0.3 is 14.8 Å². The first-order chi connectivity index (χ1) is 8.26. The predicted octanol–water partition coefficient (Wildman–Crippen LogP) is 1.52. The second-order valence-electron chi connectivity index (χ2n) is 4.13. The summed E-state index contributed by atoms with van der Waals surface area (Å²) in [6, 6.07) is 7.81. The maximum absolute atomic E-state index is 11.7. The van der Waals surface area contributed by atoms with E-state index in [-0.39, 0.29) is 17.9 Å². The molecule has 1 aliphatic heterocycles. The normalized spacial score (nSPS) is 23.4. The third-order valence-electron chi connectivity index (χ3n) is 3.18. The van der Waals surface area contributed by atoms with Gasteiger partial charge in [0, 0.05) is 6.04 Å². The number of benzene rings is 1. The van der Waals surface area contributed by atoms with Gasteiger partial charge in [0.15, 0.2) is 0 Å². The van der Waals surface area contributed by atoms with Gasteiger partial charge in [0.1, 0.15) is 5.75 Å². The van der Waals surface area contributed by atoms with Crippen molar-refractivity contribution in [3.8, 4) is 5.75 Å². The van der Waals surface area contributed by atoms with Gasteiger partial charge in [-0.2, -0.15) is 0 Å². The Morgan fingerprint density at radius 2 is 2.24 bits per heavy atom. The van der Waals surface area contributed by atoms with Gasteiger partial charge in [-0.05, 0) is 30.7 Å². The molecule has 0 aliphatic carbocycles. The number of hydrogen-bond acceptors (Lipinski definition) is 4. The molecule has 1 heterocycles. The van der Waals surface area contributed by atoms with E-state index >= 15 is 0 Å². The number of hydrogen-bond donors (Lipinski definition) is 1. The van der Waals surface area contributed by atoms with Crippen molar-refractivity contribution in [3.63, 3.8) is 0 Å². The Bertz CT molecular complexity index is 405. The lowest BCUT2D eigenvalue weighted by Gasteiger charge is -2.18. The summed E-state index contributed by atoms with van der Waals surface area (Å²) in [7, 11) is 3.07. The van der Waals surface area contributed by atoms with Crippen molar-refractivity contribution in [3.05, 3.63) is 29.8 Å². The van der Waals surface area contributed by atoms with Crippen LogP contribution in [0.2, 0.25) is 0 Å². The molecule has 1 aromatic rings.